The molecule has 0 spiro atoms. The Balaban J connectivity index is 1.84. The van der Waals surface area contributed by atoms with Gasteiger partial charge in [0.05, 0.1) is 10.7 Å². The van der Waals surface area contributed by atoms with Gasteiger partial charge in [0.25, 0.3) is 5.56 Å². The smallest absolute Gasteiger partial charge is 0.258 e. The average molecular weight is 327 g/mol. The molecule has 0 aliphatic heterocycles. The van der Waals surface area contributed by atoms with E-state index >= 15 is 0 Å². The van der Waals surface area contributed by atoms with E-state index in [4.69, 9.17) is 27.9 Å². The molecule has 0 unspecified atom stereocenters. The molecule has 0 fully saturated rings. The van der Waals surface area contributed by atoms with Crippen LogP contribution in [0.3, 0.4) is 0 Å². The summed E-state index contributed by atoms with van der Waals surface area (Å²) in [6, 6.07) is 6.42. The topological polar surface area (TPSA) is 43.6 Å². The van der Waals surface area contributed by atoms with Crippen LogP contribution in [0.5, 0.6) is 5.75 Å². The molecule has 0 atom stereocenters. The van der Waals surface area contributed by atoms with E-state index in [1.807, 2.05) is 5.38 Å². The first-order valence-electron chi connectivity index (χ1n) is 5.67. The van der Waals surface area contributed by atoms with E-state index in [1.165, 1.54) is 21.8 Å². The van der Waals surface area contributed by atoms with Crippen LogP contribution in [0.1, 0.15) is 5.69 Å². The number of hydrogen-bond acceptors (Lipinski definition) is 4. The molecule has 0 radical (unpaired) electrons. The molecule has 0 saturated heterocycles. The minimum absolute atomic E-state index is 0.128. The van der Waals surface area contributed by atoms with E-state index in [0.29, 0.717) is 26.4 Å². The molecule has 0 aliphatic carbocycles. The zero-order valence-electron chi connectivity index (χ0n) is 10.0. The number of hydrogen-bond donors (Lipinski definition) is 0. The molecule has 0 saturated carbocycles. The monoisotopic (exact) mass is 326 g/mol. The largest absolute Gasteiger partial charge is 0.486 e. The Kier molecular flexibility index (Phi) is 3.65. The predicted octanol–water partition coefficient (Wildman–Crippen LogP) is 3.64. The third-order valence-corrected chi connectivity index (χ3v) is 3.91. The van der Waals surface area contributed by atoms with Crippen LogP contribution in [0.15, 0.2) is 40.6 Å². The SMILES string of the molecule is O=c1cc(COc2ccc(Cl)cc2Cl)nc2sccn12. The van der Waals surface area contributed by atoms with Gasteiger partial charge in [-0.1, -0.05) is 23.2 Å². The summed E-state index contributed by atoms with van der Waals surface area (Å²) in [7, 11) is 0. The van der Waals surface area contributed by atoms with Gasteiger partial charge in [-0.05, 0) is 18.2 Å². The molecule has 0 aliphatic rings. The lowest BCUT2D eigenvalue weighted by Crippen LogP contribution is -2.14. The van der Waals surface area contributed by atoms with Crippen LogP contribution >= 0.6 is 34.5 Å². The van der Waals surface area contributed by atoms with Crippen molar-refractivity contribution in [3.05, 3.63) is 61.9 Å². The van der Waals surface area contributed by atoms with Crippen LogP contribution in [0.2, 0.25) is 10.0 Å². The molecule has 0 bridgehead atoms. The zero-order chi connectivity index (χ0) is 14.1. The molecule has 2 aromatic heterocycles. The zero-order valence-corrected chi connectivity index (χ0v) is 12.4. The van der Waals surface area contributed by atoms with E-state index < -0.39 is 0 Å². The second-order valence-corrected chi connectivity index (χ2v) is 5.72. The number of fused-ring (bicyclic) bond motifs is 1. The Morgan fingerprint density at radius 3 is 2.95 bits per heavy atom. The molecular weight excluding hydrogens is 319 g/mol. The minimum Gasteiger partial charge on any atom is -0.486 e. The van der Waals surface area contributed by atoms with Gasteiger partial charge in [0, 0.05) is 22.7 Å². The van der Waals surface area contributed by atoms with Gasteiger partial charge in [-0.2, -0.15) is 0 Å². The average Bonchev–Trinajstić information content (AvgIpc) is 2.86. The molecule has 2 heterocycles. The Hall–Kier alpha value is -1.56. The van der Waals surface area contributed by atoms with Crippen molar-refractivity contribution in [3.8, 4) is 5.75 Å². The Morgan fingerprint density at radius 2 is 2.15 bits per heavy atom. The molecule has 7 heteroatoms. The number of ether oxygens (including phenoxy) is 1. The first-order valence-corrected chi connectivity index (χ1v) is 7.31. The standard InChI is InChI=1S/C13H8Cl2N2O2S/c14-8-1-2-11(10(15)5-8)19-7-9-6-12(18)17-3-4-20-13(17)16-9/h1-6H,7H2. The maximum atomic E-state index is 11.8. The van der Waals surface area contributed by atoms with Crippen LogP contribution in [0.25, 0.3) is 4.96 Å². The molecule has 20 heavy (non-hydrogen) atoms. The fourth-order valence-electron chi connectivity index (χ4n) is 1.71. The van der Waals surface area contributed by atoms with Gasteiger partial charge in [0.1, 0.15) is 12.4 Å². The van der Waals surface area contributed by atoms with Crippen molar-refractivity contribution in [2.24, 2.45) is 0 Å². The lowest BCUT2D eigenvalue weighted by Gasteiger charge is -2.07. The highest BCUT2D eigenvalue weighted by Crippen LogP contribution is 2.28. The van der Waals surface area contributed by atoms with Crippen LogP contribution < -0.4 is 10.3 Å². The second-order valence-electron chi connectivity index (χ2n) is 4.00. The second kappa shape index (κ2) is 5.44. The third kappa shape index (κ3) is 2.65. The van der Waals surface area contributed by atoms with Gasteiger partial charge in [-0.25, -0.2) is 4.98 Å². The summed E-state index contributed by atoms with van der Waals surface area (Å²) < 4.78 is 7.05. The van der Waals surface area contributed by atoms with Gasteiger partial charge in [0.15, 0.2) is 4.96 Å². The minimum atomic E-state index is -0.128. The van der Waals surface area contributed by atoms with Crippen molar-refractivity contribution in [2.45, 2.75) is 6.61 Å². The van der Waals surface area contributed by atoms with E-state index in [0.717, 1.165) is 0 Å². The molecule has 0 amide bonds. The van der Waals surface area contributed by atoms with E-state index in [9.17, 15) is 4.79 Å². The number of nitrogens with zero attached hydrogens (tertiary/aromatic N) is 2. The van der Waals surface area contributed by atoms with Crippen LogP contribution in [0.4, 0.5) is 0 Å². The highest BCUT2D eigenvalue weighted by molar-refractivity contribution is 7.15. The van der Waals surface area contributed by atoms with E-state index in [2.05, 4.69) is 4.98 Å². The number of rotatable bonds is 3. The van der Waals surface area contributed by atoms with Gasteiger partial charge >= 0.3 is 0 Å². The lowest BCUT2D eigenvalue weighted by molar-refractivity contribution is 0.301. The van der Waals surface area contributed by atoms with Crippen molar-refractivity contribution in [1.29, 1.82) is 0 Å². The Labute approximate surface area is 128 Å². The van der Waals surface area contributed by atoms with Crippen molar-refractivity contribution >= 4 is 39.5 Å². The predicted molar refractivity (Wildman–Crippen MR) is 80.1 cm³/mol. The number of benzene rings is 1. The number of halogens is 2. The third-order valence-electron chi connectivity index (χ3n) is 2.63. The van der Waals surface area contributed by atoms with E-state index in [1.54, 1.807) is 24.4 Å². The lowest BCUT2D eigenvalue weighted by atomic mass is 10.3. The molecule has 3 aromatic rings. The van der Waals surface area contributed by atoms with Crippen molar-refractivity contribution in [3.63, 3.8) is 0 Å². The summed E-state index contributed by atoms with van der Waals surface area (Å²) in [6.07, 6.45) is 1.69. The van der Waals surface area contributed by atoms with Crippen molar-refractivity contribution in [2.75, 3.05) is 0 Å². The van der Waals surface area contributed by atoms with Gasteiger partial charge in [-0.15, -0.1) is 11.3 Å². The van der Waals surface area contributed by atoms with Crippen molar-refractivity contribution < 1.29 is 4.74 Å². The maximum absolute atomic E-state index is 11.8. The summed E-state index contributed by atoms with van der Waals surface area (Å²) in [5.74, 6) is 0.504. The van der Waals surface area contributed by atoms with Crippen LogP contribution in [0, 0.1) is 0 Å². The van der Waals surface area contributed by atoms with E-state index in [-0.39, 0.29) is 12.2 Å². The fourth-order valence-corrected chi connectivity index (χ4v) is 2.91. The highest BCUT2D eigenvalue weighted by Gasteiger charge is 2.06. The summed E-state index contributed by atoms with van der Waals surface area (Å²) >= 11 is 13.2. The van der Waals surface area contributed by atoms with Gasteiger partial charge in [-0.3, -0.25) is 9.20 Å². The first kappa shape index (κ1) is 13.4. The summed E-state index contributed by atoms with van der Waals surface area (Å²) in [4.78, 5) is 16.8. The van der Waals surface area contributed by atoms with Crippen LogP contribution in [-0.4, -0.2) is 9.38 Å². The molecule has 3 rings (SSSR count). The fraction of sp³-hybridized carbons (Fsp3) is 0.0769. The highest BCUT2D eigenvalue weighted by atomic mass is 35.5. The molecule has 102 valence electrons. The number of aromatic nitrogens is 2. The number of thiazole rings is 1. The van der Waals surface area contributed by atoms with Crippen LogP contribution in [-0.2, 0) is 6.61 Å². The Bertz CT molecular complexity index is 829. The first-order chi connectivity index (χ1) is 9.63. The summed E-state index contributed by atoms with van der Waals surface area (Å²) in [5.41, 5.74) is 0.431. The summed E-state index contributed by atoms with van der Waals surface area (Å²) in [5, 5.41) is 2.77. The van der Waals surface area contributed by atoms with Gasteiger partial charge < -0.3 is 4.74 Å². The quantitative estimate of drug-likeness (QED) is 0.738. The van der Waals surface area contributed by atoms with Crippen molar-refractivity contribution in [1.82, 2.24) is 9.38 Å². The maximum Gasteiger partial charge on any atom is 0.258 e. The molecule has 0 N–H and O–H groups in total. The van der Waals surface area contributed by atoms with Gasteiger partial charge in [0.2, 0.25) is 0 Å². The molecular formula is C13H8Cl2N2O2S. The normalized spacial score (nSPS) is 10.9. The molecule has 4 nitrogen and oxygen atoms in total. The summed E-state index contributed by atoms with van der Waals surface area (Å²) in [6.45, 7) is 0.172. The Morgan fingerprint density at radius 1 is 1.30 bits per heavy atom. The molecule has 1 aromatic carbocycles.